The number of anilines is 1. The van der Waals surface area contributed by atoms with Gasteiger partial charge in [-0.2, -0.15) is 0 Å². The molecule has 0 unspecified atom stereocenters. The van der Waals surface area contributed by atoms with E-state index < -0.39 is 11.7 Å². The molecule has 5 nitrogen and oxygen atoms in total. The molecule has 0 saturated carbocycles. The highest BCUT2D eigenvalue weighted by atomic mass is 19.1. The second-order valence-electron chi connectivity index (χ2n) is 4.49. The van der Waals surface area contributed by atoms with Gasteiger partial charge < -0.3 is 15.3 Å². The predicted octanol–water partition coefficient (Wildman–Crippen LogP) is 0.775. The van der Waals surface area contributed by atoms with E-state index >= 15 is 0 Å². The molecular formula is C13H15FN2O3. The third kappa shape index (κ3) is 2.73. The predicted molar refractivity (Wildman–Crippen MR) is 67.4 cm³/mol. The second kappa shape index (κ2) is 5.36. The van der Waals surface area contributed by atoms with Crippen LogP contribution in [0.4, 0.5) is 10.1 Å². The van der Waals surface area contributed by atoms with Gasteiger partial charge in [-0.25, -0.2) is 4.39 Å². The van der Waals surface area contributed by atoms with Crippen molar-refractivity contribution in [2.24, 2.45) is 0 Å². The molecule has 1 aliphatic rings. The van der Waals surface area contributed by atoms with Crippen LogP contribution in [-0.2, 0) is 11.2 Å². The lowest BCUT2D eigenvalue weighted by Crippen LogP contribution is -2.30. The van der Waals surface area contributed by atoms with Crippen LogP contribution in [0.25, 0.3) is 0 Å². The van der Waals surface area contributed by atoms with Gasteiger partial charge >= 0.3 is 0 Å². The van der Waals surface area contributed by atoms with Crippen LogP contribution in [0.2, 0.25) is 0 Å². The highest BCUT2D eigenvalue weighted by Crippen LogP contribution is 2.26. The number of hydrogen-bond donors (Lipinski definition) is 2. The zero-order chi connectivity index (χ0) is 14.0. The Kier molecular flexibility index (Phi) is 3.80. The summed E-state index contributed by atoms with van der Waals surface area (Å²) < 4.78 is 13.9. The molecule has 0 fully saturated rings. The van der Waals surface area contributed by atoms with Crippen LogP contribution in [0.5, 0.6) is 0 Å². The minimum absolute atomic E-state index is 0.0363. The summed E-state index contributed by atoms with van der Waals surface area (Å²) in [6.45, 7) is -0.0308. The lowest BCUT2D eigenvalue weighted by atomic mass is 9.99. The number of aliphatic hydroxyl groups excluding tert-OH is 1. The quantitative estimate of drug-likeness (QED) is 0.849. The second-order valence-corrected chi connectivity index (χ2v) is 4.49. The molecule has 1 heterocycles. The molecule has 2 amide bonds. The van der Waals surface area contributed by atoms with Gasteiger partial charge in [0.15, 0.2) is 0 Å². The first-order valence-electron chi connectivity index (χ1n) is 6.01. The molecule has 2 rings (SSSR count). The summed E-state index contributed by atoms with van der Waals surface area (Å²) in [4.78, 5) is 24.5. The van der Waals surface area contributed by atoms with E-state index in [1.807, 2.05) is 0 Å². The molecule has 0 radical (unpaired) electrons. The summed E-state index contributed by atoms with van der Waals surface area (Å²) in [5.41, 5.74) is 1.14. The number of rotatable bonds is 3. The van der Waals surface area contributed by atoms with E-state index in [0.717, 1.165) is 5.56 Å². The van der Waals surface area contributed by atoms with Gasteiger partial charge in [0.25, 0.3) is 5.91 Å². The van der Waals surface area contributed by atoms with E-state index in [1.54, 1.807) is 0 Å². The molecule has 0 bridgehead atoms. The van der Waals surface area contributed by atoms with Crippen LogP contribution >= 0.6 is 0 Å². The Hall–Kier alpha value is -1.95. The van der Waals surface area contributed by atoms with Crippen LogP contribution in [0, 0.1) is 5.82 Å². The molecule has 102 valence electrons. The van der Waals surface area contributed by atoms with E-state index in [2.05, 4.69) is 5.32 Å². The molecule has 0 spiro atoms. The van der Waals surface area contributed by atoms with E-state index in [4.69, 9.17) is 5.11 Å². The molecule has 19 heavy (non-hydrogen) atoms. The van der Waals surface area contributed by atoms with E-state index in [9.17, 15) is 14.0 Å². The number of amides is 2. The number of halogens is 1. The van der Waals surface area contributed by atoms with Gasteiger partial charge in [0.05, 0.1) is 12.2 Å². The fraction of sp³-hybridized carbons (Fsp3) is 0.385. The van der Waals surface area contributed by atoms with Crippen molar-refractivity contribution < 1.29 is 19.1 Å². The fourth-order valence-corrected chi connectivity index (χ4v) is 2.02. The van der Waals surface area contributed by atoms with Crippen LogP contribution in [0.3, 0.4) is 0 Å². The van der Waals surface area contributed by atoms with Crippen LogP contribution in [-0.4, -0.2) is 42.0 Å². The number of carbonyl (C=O) groups is 2. The molecule has 0 saturated heterocycles. The minimum atomic E-state index is -0.671. The summed E-state index contributed by atoms with van der Waals surface area (Å²) in [7, 11) is 1.50. The Bertz CT molecular complexity index is 531. The average molecular weight is 266 g/mol. The number of nitrogens with one attached hydrogen (secondary N) is 1. The summed E-state index contributed by atoms with van der Waals surface area (Å²) in [6, 6.07) is 2.65. The van der Waals surface area contributed by atoms with Crippen molar-refractivity contribution in [2.75, 3.05) is 25.5 Å². The Morgan fingerprint density at radius 1 is 1.47 bits per heavy atom. The third-order valence-electron chi connectivity index (χ3n) is 3.10. The Labute approximate surface area is 110 Å². The standard InChI is InChI=1S/C13H15FN2O3/c1-16(4-5-17)13(19)9-6-8-2-3-12(18)15-11(8)7-10(9)14/h6-7,17H,2-5H2,1H3,(H,15,18). The van der Waals surface area contributed by atoms with Crippen molar-refractivity contribution in [2.45, 2.75) is 12.8 Å². The first-order valence-corrected chi connectivity index (χ1v) is 6.01. The number of aliphatic hydroxyl groups is 1. The maximum Gasteiger partial charge on any atom is 0.256 e. The molecule has 1 aromatic rings. The normalized spacial score (nSPS) is 13.7. The van der Waals surface area contributed by atoms with Crippen molar-refractivity contribution >= 4 is 17.5 Å². The van der Waals surface area contributed by atoms with Gasteiger partial charge in [0.1, 0.15) is 5.82 Å². The molecule has 0 aromatic heterocycles. The van der Waals surface area contributed by atoms with Crippen LogP contribution in [0.15, 0.2) is 12.1 Å². The fourth-order valence-electron chi connectivity index (χ4n) is 2.02. The topological polar surface area (TPSA) is 69.6 Å². The largest absolute Gasteiger partial charge is 0.395 e. The number of hydrogen-bond acceptors (Lipinski definition) is 3. The Morgan fingerprint density at radius 3 is 2.89 bits per heavy atom. The smallest absolute Gasteiger partial charge is 0.256 e. The number of likely N-dealkylation sites (N-methyl/N-ethyl adjacent to an activating group) is 1. The lowest BCUT2D eigenvalue weighted by molar-refractivity contribution is -0.116. The highest BCUT2D eigenvalue weighted by molar-refractivity contribution is 5.98. The minimum Gasteiger partial charge on any atom is -0.395 e. The van der Waals surface area contributed by atoms with Crippen molar-refractivity contribution in [1.82, 2.24) is 4.90 Å². The number of nitrogens with zero attached hydrogens (tertiary/aromatic N) is 1. The zero-order valence-electron chi connectivity index (χ0n) is 10.6. The lowest BCUT2D eigenvalue weighted by Gasteiger charge is -2.20. The first-order chi connectivity index (χ1) is 9.02. The molecule has 1 aliphatic heterocycles. The molecular weight excluding hydrogens is 251 g/mol. The van der Waals surface area contributed by atoms with E-state index in [0.29, 0.717) is 18.5 Å². The summed E-state index contributed by atoms with van der Waals surface area (Å²) in [6.07, 6.45) is 0.824. The van der Waals surface area contributed by atoms with Crippen molar-refractivity contribution in [3.05, 3.63) is 29.1 Å². The van der Waals surface area contributed by atoms with Gasteiger partial charge in [-0.3, -0.25) is 9.59 Å². The van der Waals surface area contributed by atoms with E-state index in [1.165, 1.54) is 24.1 Å². The van der Waals surface area contributed by atoms with Gasteiger partial charge in [0, 0.05) is 25.7 Å². The summed E-state index contributed by atoms with van der Waals surface area (Å²) >= 11 is 0. The number of carbonyl (C=O) groups excluding carboxylic acids is 2. The molecule has 0 atom stereocenters. The number of benzene rings is 1. The number of fused-ring (bicyclic) bond motifs is 1. The zero-order valence-corrected chi connectivity index (χ0v) is 10.6. The van der Waals surface area contributed by atoms with Crippen molar-refractivity contribution in [3.8, 4) is 0 Å². The molecule has 0 aliphatic carbocycles. The molecule has 2 N–H and O–H groups in total. The van der Waals surface area contributed by atoms with Crippen LogP contribution < -0.4 is 5.32 Å². The van der Waals surface area contributed by atoms with Gasteiger partial charge in [-0.15, -0.1) is 0 Å². The third-order valence-corrected chi connectivity index (χ3v) is 3.10. The van der Waals surface area contributed by atoms with Crippen molar-refractivity contribution in [3.63, 3.8) is 0 Å². The molecule has 1 aromatic carbocycles. The van der Waals surface area contributed by atoms with Crippen LogP contribution in [0.1, 0.15) is 22.3 Å². The average Bonchev–Trinajstić information content (AvgIpc) is 2.37. The summed E-state index contributed by atoms with van der Waals surface area (Å²) in [5.74, 6) is -1.30. The maximum absolute atomic E-state index is 13.9. The van der Waals surface area contributed by atoms with Gasteiger partial charge in [-0.05, 0) is 24.1 Å². The van der Waals surface area contributed by atoms with Crippen molar-refractivity contribution in [1.29, 1.82) is 0 Å². The number of aryl methyl sites for hydroxylation is 1. The Balaban J connectivity index is 2.32. The van der Waals surface area contributed by atoms with E-state index in [-0.39, 0.29) is 24.6 Å². The van der Waals surface area contributed by atoms with Gasteiger partial charge in [0.2, 0.25) is 5.91 Å². The first kappa shape index (κ1) is 13.5. The maximum atomic E-state index is 13.9. The van der Waals surface area contributed by atoms with Gasteiger partial charge in [-0.1, -0.05) is 0 Å². The summed E-state index contributed by atoms with van der Waals surface area (Å²) in [5, 5.41) is 11.4. The monoisotopic (exact) mass is 266 g/mol. The molecule has 6 heteroatoms. The SMILES string of the molecule is CN(CCO)C(=O)c1cc2c(cc1F)NC(=O)CC2. The highest BCUT2D eigenvalue weighted by Gasteiger charge is 2.22. The Morgan fingerprint density at radius 2 is 2.21 bits per heavy atom.